The Hall–Kier alpha value is -3.15. The lowest BCUT2D eigenvalue weighted by Gasteiger charge is -2.34. The second-order valence-corrected chi connectivity index (χ2v) is 6.98. The van der Waals surface area contributed by atoms with Gasteiger partial charge in [-0.05, 0) is 42.3 Å². The van der Waals surface area contributed by atoms with Crippen LogP contribution in [0.2, 0.25) is 0 Å². The standard InChI is InChI=1S/C22H25N3O3/c1-16-5-3-4-6-20(16)15-23-21(27)18-7-9-19(10-8-18)22(28)25-13-11-24(12-14-25)17(2)26/h3-10H,11-15H2,1-2H3,(H,23,27). The fourth-order valence-electron chi connectivity index (χ4n) is 3.26. The van der Waals surface area contributed by atoms with E-state index in [1.165, 1.54) is 0 Å². The third-order valence-corrected chi connectivity index (χ3v) is 5.11. The molecule has 3 rings (SSSR count). The van der Waals surface area contributed by atoms with Crippen LogP contribution in [0, 0.1) is 6.92 Å². The number of hydrogen-bond donors (Lipinski definition) is 1. The molecule has 1 fully saturated rings. The van der Waals surface area contributed by atoms with Gasteiger partial charge in [-0.15, -0.1) is 0 Å². The van der Waals surface area contributed by atoms with Crippen LogP contribution >= 0.6 is 0 Å². The van der Waals surface area contributed by atoms with E-state index >= 15 is 0 Å². The minimum absolute atomic E-state index is 0.0353. The first kappa shape index (κ1) is 19.6. The molecule has 0 spiro atoms. The van der Waals surface area contributed by atoms with Crippen LogP contribution < -0.4 is 5.32 Å². The Balaban J connectivity index is 1.57. The number of nitrogens with zero attached hydrogens (tertiary/aromatic N) is 2. The number of carbonyl (C=O) groups is 3. The first-order valence-corrected chi connectivity index (χ1v) is 9.43. The molecule has 0 unspecified atom stereocenters. The van der Waals surface area contributed by atoms with Crippen molar-refractivity contribution in [3.8, 4) is 0 Å². The van der Waals surface area contributed by atoms with E-state index in [0.717, 1.165) is 11.1 Å². The van der Waals surface area contributed by atoms with Gasteiger partial charge >= 0.3 is 0 Å². The molecule has 0 atom stereocenters. The van der Waals surface area contributed by atoms with E-state index in [0.29, 0.717) is 43.9 Å². The molecule has 1 saturated heterocycles. The molecule has 3 amide bonds. The smallest absolute Gasteiger partial charge is 0.253 e. The van der Waals surface area contributed by atoms with Crippen LogP contribution in [0.1, 0.15) is 38.8 Å². The van der Waals surface area contributed by atoms with Crippen LogP contribution in [-0.2, 0) is 11.3 Å². The average Bonchev–Trinajstić information content (AvgIpc) is 2.72. The van der Waals surface area contributed by atoms with Crippen molar-refractivity contribution in [3.05, 3.63) is 70.8 Å². The van der Waals surface area contributed by atoms with Gasteiger partial charge in [-0.1, -0.05) is 24.3 Å². The SMILES string of the molecule is CC(=O)N1CCN(C(=O)c2ccc(C(=O)NCc3ccccc3C)cc2)CC1. The zero-order valence-corrected chi connectivity index (χ0v) is 16.3. The molecule has 2 aromatic carbocycles. The summed E-state index contributed by atoms with van der Waals surface area (Å²) in [6, 6.07) is 14.6. The second-order valence-electron chi connectivity index (χ2n) is 6.98. The molecule has 6 nitrogen and oxygen atoms in total. The Bertz CT molecular complexity index is 869. The number of aryl methyl sites for hydroxylation is 1. The second kappa shape index (κ2) is 8.69. The van der Waals surface area contributed by atoms with Gasteiger partial charge in [0, 0.05) is 50.8 Å². The van der Waals surface area contributed by atoms with Gasteiger partial charge in [0.2, 0.25) is 5.91 Å². The molecule has 0 bridgehead atoms. The average molecular weight is 379 g/mol. The summed E-state index contributed by atoms with van der Waals surface area (Å²) in [6.07, 6.45) is 0. The minimum atomic E-state index is -0.169. The molecule has 1 aliphatic heterocycles. The third-order valence-electron chi connectivity index (χ3n) is 5.11. The fourth-order valence-corrected chi connectivity index (χ4v) is 3.26. The molecule has 28 heavy (non-hydrogen) atoms. The summed E-state index contributed by atoms with van der Waals surface area (Å²) in [5.41, 5.74) is 3.28. The Kier molecular flexibility index (Phi) is 6.09. The molecular weight excluding hydrogens is 354 g/mol. The quantitative estimate of drug-likeness (QED) is 0.886. The Morgan fingerprint density at radius 1 is 0.857 bits per heavy atom. The number of carbonyl (C=O) groups excluding carboxylic acids is 3. The van der Waals surface area contributed by atoms with Crippen molar-refractivity contribution in [3.63, 3.8) is 0 Å². The highest BCUT2D eigenvalue weighted by molar-refractivity contribution is 5.97. The predicted octanol–water partition coefficient (Wildman–Crippen LogP) is 2.23. The Labute approximate surface area is 165 Å². The number of nitrogens with one attached hydrogen (secondary N) is 1. The summed E-state index contributed by atoms with van der Waals surface area (Å²) in [6.45, 7) is 6.18. The first-order valence-electron chi connectivity index (χ1n) is 9.43. The van der Waals surface area contributed by atoms with Crippen molar-refractivity contribution in [1.82, 2.24) is 15.1 Å². The van der Waals surface area contributed by atoms with Gasteiger partial charge in [0.05, 0.1) is 0 Å². The normalized spacial score (nSPS) is 13.9. The highest BCUT2D eigenvalue weighted by Gasteiger charge is 2.23. The molecular formula is C22H25N3O3. The lowest BCUT2D eigenvalue weighted by Crippen LogP contribution is -2.50. The minimum Gasteiger partial charge on any atom is -0.348 e. The molecule has 2 aromatic rings. The van der Waals surface area contributed by atoms with Crippen molar-refractivity contribution in [2.45, 2.75) is 20.4 Å². The summed E-state index contributed by atoms with van der Waals surface area (Å²) in [4.78, 5) is 39.9. The Morgan fingerprint density at radius 2 is 1.43 bits per heavy atom. The molecule has 6 heteroatoms. The number of benzene rings is 2. The van der Waals surface area contributed by atoms with Crippen LogP contribution in [0.4, 0.5) is 0 Å². The summed E-state index contributed by atoms with van der Waals surface area (Å²) < 4.78 is 0. The van der Waals surface area contributed by atoms with Gasteiger partial charge < -0.3 is 15.1 Å². The highest BCUT2D eigenvalue weighted by Crippen LogP contribution is 2.12. The number of piperazine rings is 1. The van der Waals surface area contributed by atoms with E-state index in [4.69, 9.17) is 0 Å². The van der Waals surface area contributed by atoms with Crippen LogP contribution in [0.3, 0.4) is 0 Å². The molecule has 0 saturated carbocycles. The lowest BCUT2D eigenvalue weighted by molar-refractivity contribution is -0.130. The highest BCUT2D eigenvalue weighted by atomic mass is 16.2. The maximum atomic E-state index is 12.6. The third kappa shape index (κ3) is 4.57. The molecule has 1 heterocycles. The molecule has 1 aliphatic rings. The number of amides is 3. The summed E-state index contributed by atoms with van der Waals surface area (Å²) in [5, 5.41) is 2.91. The van der Waals surface area contributed by atoms with Crippen LogP contribution in [0.5, 0.6) is 0 Å². The summed E-state index contributed by atoms with van der Waals surface area (Å²) >= 11 is 0. The van der Waals surface area contributed by atoms with E-state index < -0.39 is 0 Å². The summed E-state index contributed by atoms with van der Waals surface area (Å²) in [5.74, 6) is -0.208. The van der Waals surface area contributed by atoms with E-state index in [-0.39, 0.29) is 17.7 Å². The maximum Gasteiger partial charge on any atom is 0.253 e. The van der Waals surface area contributed by atoms with E-state index in [1.807, 2.05) is 31.2 Å². The number of rotatable bonds is 4. The van der Waals surface area contributed by atoms with Gasteiger partial charge in [0.1, 0.15) is 0 Å². The monoisotopic (exact) mass is 379 g/mol. The zero-order chi connectivity index (χ0) is 20.1. The van der Waals surface area contributed by atoms with E-state index in [9.17, 15) is 14.4 Å². The lowest BCUT2D eigenvalue weighted by atomic mass is 10.1. The predicted molar refractivity (Wildman–Crippen MR) is 107 cm³/mol. The maximum absolute atomic E-state index is 12.6. The zero-order valence-electron chi connectivity index (χ0n) is 16.3. The molecule has 0 aromatic heterocycles. The van der Waals surface area contributed by atoms with Gasteiger partial charge in [0.25, 0.3) is 11.8 Å². The van der Waals surface area contributed by atoms with Crippen molar-refractivity contribution in [1.29, 1.82) is 0 Å². The summed E-state index contributed by atoms with van der Waals surface area (Å²) in [7, 11) is 0. The largest absolute Gasteiger partial charge is 0.348 e. The first-order chi connectivity index (χ1) is 13.5. The van der Waals surface area contributed by atoms with Gasteiger partial charge in [-0.2, -0.15) is 0 Å². The van der Waals surface area contributed by atoms with Crippen LogP contribution in [0.25, 0.3) is 0 Å². The van der Waals surface area contributed by atoms with E-state index in [2.05, 4.69) is 5.32 Å². The molecule has 146 valence electrons. The molecule has 0 aliphatic carbocycles. The fraction of sp³-hybridized carbons (Fsp3) is 0.318. The van der Waals surface area contributed by atoms with Crippen molar-refractivity contribution < 1.29 is 14.4 Å². The van der Waals surface area contributed by atoms with Gasteiger partial charge in [0.15, 0.2) is 0 Å². The Morgan fingerprint density at radius 3 is 2.04 bits per heavy atom. The van der Waals surface area contributed by atoms with Crippen molar-refractivity contribution >= 4 is 17.7 Å². The van der Waals surface area contributed by atoms with Crippen molar-refractivity contribution in [2.75, 3.05) is 26.2 Å². The number of hydrogen-bond acceptors (Lipinski definition) is 3. The molecule has 1 N–H and O–H groups in total. The van der Waals surface area contributed by atoms with Gasteiger partial charge in [-0.25, -0.2) is 0 Å². The van der Waals surface area contributed by atoms with Crippen molar-refractivity contribution in [2.24, 2.45) is 0 Å². The van der Waals surface area contributed by atoms with Crippen LogP contribution in [-0.4, -0.2) is 53.7 Å². The van der Waals surface area contributed by atoms with Crippen LogP contribution in [0.15, 0.2) is 48.5 Å². The topological polar surface area (TPSA) is 69.7 Å². The molecule has 0 radical (unpaired) electrons. The van der Waals surface area contributed by atoms with E-state index in [1.54, 1.807) is 41.0 Å². The van der Waals surface area contributed by atoms with Gasteiger partial charge in [-0.3, -0.25) is 14.4 Å².